The molecule has 0 amide bonds. The minimum Gasteiger partial charge on any atom is -0.378 e. The maximum atomic E-state index is 6.15. The SMILES string of the molecule is COCc1cc(Cl)nc(C2(c3ccccc3)CCC2)n1. The fraction of sp³-hybridized carbons (Fsp3) is 0.375. The number of nitrogens with zero attached hydrogens (tertiary/aromatic N) is 2. The van der Waals surface area contributed by atoms with Crippen LogP contribution >= 0.6 is 11.6 Å². The molecule has 0 saturated heterocycles. The number of ether oxygens (including phenoxy) is 1. The maximum absolute atomic E-state index is 6.15. The summed E-state index contributed by atoms with van der Waals surface area (Å²) in [4.78, 5) is 9.16. The van der Waals surface area contributed by atoms with Gasteiger partial charge in [-0.25, -0.2) is 9.97 Å². The molecule has 104 valence electrons. The van der Waals surface area contributed by atoms with E-state index in [1.807, 2.05) is 6.07 Å². The molecule has 0 aliphatic heterocycles. The van der Waals surface area contributed by atoms with Crippen LogP contribution in [0.4, 0.5) is 0 Å². The summed E-state index contributed by atoms with van der Waals surface area (Å²) in [6, 6.07) is 12.2. The minimum absolute atomic E-state index is 0.0748. The van der Waals surface area contributed by atoms with Crippen molar-refractivity contribution in [3.8, 4) is 0 Å². The van der Waals surface area contributed by atoms with Crippen molar-refractivity contribution in [2.24, 2.45) is 0 Å². The van der Waals surface area contributed by atoms with Crippen molar-refractivity contribution in [2.45, 2.75) is 31.3 Å². The highest BCUT2D eigenvalue weighted by Gasteiger charge is 2.43. The monoisotopic (exact) mass is 288 g/mol. The van der Waals surface area contributed by atoms with Gasteiger partial charge >= 0.3 is 0 Å². The van der Waals surface area contributed by atoms with Crippen LogP contribution in [0.15, 0.2) is 36.4 Å². The first-order valence-corrected chi connectivity index (χ1v) is 7.21. The number of benzene rings is 1. The predicted molar refractivity (Wildman–Crippen MR) is 78.8 cm³/mol. The largest absolute Gasteiger partial charge is 0.378 e. The van der Waals surface area contributed by atoms with E-state index in [1.165, 1.54) is 12.0 Å². The Labute approximate surface area is 124 Å². The van der Waals surface area contributed by atoms with Gasteiger partial charge < -0.3 is 4.74 Å². The summed E-state index contributed by atoms with van der Waals surface area (Å²) in [5.41, 5.74) is 2.04. The number of rotatable bonds is 4. The Morgan fingerprint density at radius 2 is 1.95 bits per heavy atom. The zero-order valence-corrected chi connectivity index (χ0v) is 12.2. The maximum Gasteiger partial charge on any atom is 0.140 e. The van der Waals surface area contributed by atoms with Crippen LogP contribution < -0.4 is 0 Å². The quantitative estimate of drug-likeness (QED) is 0.804. The van der Waals surface area contributed by atoms with Crippen molar-refractivity contribution in [1.29, 1.82) is 0 Å². The molecule has 1 aliphatic carbocycles. The van der Waals surface area contributed by atoms with Crippen LogP contribution in [0.5, 0.6) is 0 Å². The van der Waals surface area contributed by atoms with Crippen molar-refractivity contribution in [3.63, 3.8) is 0 Å². The molecule has 0 atom stereocenters. The highest BCUT2D eigenvalue weighted by molar-refractivity contribution is 6.29. The first kappa shape index (κ1) is 13.5. The molecule has 1 heterocycles. The zero-order valence-electron chi connectivity index (χ0n) is 11.5. The second-order valence-electron chi connectivity index (χ2n) is 5.24. The molecule has 0 bridgehead atoms. The van der Waals surface area contributed by atoms with E-state index in [0.29, 0.717) is 11.8 Å². The van der Waals surface area contributed by atoms with Crippen LogP contribution in [-0.2, 0) is 16.8 Å². The Morgan fingerprint density at radius 3 is 2.55 bits per heavy atom. The van der Waals surface area contributed by atoms with E-state index in [4.69, 9.17) is 16.3 Å². The van der Waals surface area contributed by atoms with E-state index >= 15 is 0 Å². The molecule has 0 radical (unpaired) electrons. The third-order valence-corrected chi connectivity index (χ3v) is 4.20. The Bertz CT molecular complexity index is 597. The van der Waals surface area contributed by atoms with Gasteiger partial charge in [-0.3, -0.25) is 0 Å². The lowest BCUT2D eigenvalue weighted by Gasteiger charge is -2.41. The first-order valence-electron chi connectivity index (χ1n) is 6.83. The number of halogens is 1. The molecule has 1 aromatic heterocycles. The van der Waals surface area contributed by atoms with Gasteiger partial charge in [0.2, 0.25) is 0 Å². The lowest BCUT2D eigenvalue weighted by molar-refractivity contribution is 0.180. The molecule has 0 unspecified atom stereocenters. The molecule has 3 rings (SSSR count). The number of aromatic nitrogens is 2. The average Bonchev–Trinajstić information content (AvgIpc) is 2.38. The molecular formula is C16H17ClN2O. The van der Waals surface area contributed by atoms with Crippen LogP contribution in [0.25, 0.3) is 0 Å². The summed E-state index contributed by atoms with van der Waals surface area (Å²) >= 11 is 6.15. The lowest BCUT2D eigenvalue weighted by atomic mass is 9.64. The van der Waals surface area contributed by atoms with E-state index < -0.39 is 0 Å². The Morgan fingerprint density at radius 1 is 1.20 bits per heavy atom. The van der Waals surface area contributed by atoms with Crippen LogP contribution in [0.1, 0.15) is 36.3 Å². The predicted octanol–water partition coefficient (Wildman–Crippen LogP) is 3.75. The molecule has 1 saturated carbocycles. The fourth-order valence-corrected chi connectivity index (χ4v) is 3.03. The van der Waals surface area contributed by atoms with Gasteiger partial charge in [-0.1, -0.05) is 48.4 Å². The van der Waals surface area contributed by atoms with E-state index in [0.717, 1.165) is 24.4 Å². The fourth-order valence-electron chi connectivity index (χ4n) is 2.83. The van der Waals surface area contributed by atoms with Gasteiger partial charge in [0.15, 0.2) is 0 Å². The van der Waals surface area contributed by atoms with Crippen molar-refractivity contribution < 1.29 is 4.74 Å². The molecule has 20 heavy (non-hydrogen) atoms. The molecule has 1 aliphatic rings. The number of hydrogen-bond donors (Lipinski definition) is 0. The first-order chi connectivity index (χ1) is 9.74. The molecule has 1 aromatic carbocycles. The molecule has 1 fully saturated rings. The molecule has 3 nitrogen and oxygen atoms in total. The molecular weight excluding hydrogens is 272 g/mol. The Hall–Kier alpha value is -1.45. The van der Waals surface area contributed by atoms with Crippen molar-refractivity contribution in [1.82, 2.24) is 9.97 Å². The smallest absolute Gasteiger partial charge is 0.140 e. The normalized spacial score (nSPS) is 16.7. The van der Waals surface area contributed by atoms with Gasteiger partial charge in [0, 0.05) is 7.11 Å². The number of methoxy groups -OCH3 is 1. The summed E-state index contributed by atoms with van der Waals surface area (Å²) in [5.74, 6) is 0.828. The van der Waals surface area contributed by atoms with E-state index in [1.54, 1.807) is 13.2 Å². The highest BCUT2D eigenvalue weighted by Crippen LogP contribution is 2.47. The highest BCUT2D eigenvalue weighted by atomic mass is 35.5. The van der Waals surface area contributed by atoms with E-state index in [2.05, 4.69) is 34.2 Å². The van der Waals surface area contributed by atoms with Crippen LogP contribution in [0, 0.1) is 0 Å². The molecule has 2 aromatic rings. The van der Waals surface area contributed by atoms with Crippen LogP contribution in [0.2, 0.25) is 5.15 Å². The summed E-state index contributed by atoms with van der Waals surface area (Å²) in [5, 5.41) is 0.490. The van der Waals surface area contributed by atoms with Crippen LogP contribution in [0.3, 0.4) is 0 Å². The molecule has 4 heteroatoms. The second-order valence-corrected chi connectivity index (χ2v) is 5.63. The topological polar surface area (TPSA) is 35.0 Å². The minimum atomic E-state index is -0.0748. The summed E-state index contributed by atoms with van der Waals surface area (Å²) in [6.45, 7) is 0.458. The third kappa shape index (κ3) is 2.32. The van der Waals surface area contributed by atoms with Gasteiger partial charge in [0.05, 0.1) is 17.7 Å². The summed E-state index contributed by atoms with van der Waals surface area (Å²) < 4.78 is 5.16. The third-order valence-electron chi connectivity index (χ3n) is 4.00. The summed E-state index contributed by atoms with van der Waals surface area (Å²) in [6.07, 6.45) is 3.35. The van der Waals surface area contributed by atoms with Gasteiger partial charge in [0.1, 0.15) is 11.0 Å². The summed E-state index contributed by atoms with van der Waals surface area (Å²) in [7, 11) is 1.66. The van der Waals surface area contributed by atoms with Gasteiger partial charge in [0.25, 0.3) is 0 Å². The van der Waals surface area contributed by atoms with Crippen LogP contribution in [-0.4, -0.2) is 17.1 Å². The second kappa shape index (κ2) is 5.51. The zero-order chi connectivity index (χ0) is 14.0. The molecule has 0 spiro atoms. The standard InChI is InChI=1S/C16H17ClN2O/c1-20-11-13-10-14(17)19-15(18-13)16(8-5-9-16)12-6-3-2-4-7-12/h2-4,6-7,10H,5,8-9,11H2,1H3. The van der Waals surface area contributed by atoms with Gasteiger partial charge in [-0.05, 0) is 24.5 Å². The van der Waals surface area contributed by atoms with E-state index in [9.17, 15) is 0 Å². The number of hydrogen-bond acceptors (Lipinski definition) is 3. The Kier molecular flexibility index (Phi) is 3.72. The molecule has 0 N–H and O–H groups in total. The van der Waals surface area contributed by atoms with E-state index in [-0.39, 0.29) is 5.41 Å². The Balaban J connectivity index is 2.06. The van der Waals surface area contributed by atoms with Gasteiger partial charge in [-0.2, -0.15) is 0 Å². The average molecular weight is 289 g/mol. The van der Waals surface area contributed by atoms with Crippen molar-refractivity contribution in [3.05, 3.63) is 58.6 Å². The lowest BCUT2D eigenvalue weighted by Crippen LogP contribution is -2.37. The van der Waals surface area contributed by atoms with Crippen molar-refractivity contribution >= 4 is 11.6 Å². The van der Waals surface area contributed by atoms with Crippen molar-refractivity contribution in [2.75, 3.05) is 7.11 Å². The van der Waals surface area contributed by atoms with Gasteiger partial charge in [-0.15, -0.1) is 0 Å².